The van der Waals surface area contributed by atoms with E-state index in [9.17, 15) is 0 Å². The molecule has 1 unspecified atom stereocenters. The van der Waals surface area contributed by atoms with Gasteiger partial charge in [0.2, 0.25) is 11.8 Å². The second-order valence-corrected chi connectivity index (χ2v) is 8.27. The van der Waals surface area contributed by atoms with Gasteiger partial charge in [0.15, 0.2) is 0 Å². The number of fused-ring (bicyclic) bond motifs is 1. The molecule has 6 heteroatoms. The van der Waals surface area contributed by atoms with Crippen molar-refractivity contribution in [1.82, 2.24) is 9.88 Å². The van der Waals surface area contributed by atoms with E-state index in [2.05, 4.69) is 40.2 Å². The largest absolute Gasteiger partial charge is 0.321 e. The molecule has 1 fully saturated rings. The van der Waals surface area contributed by atoms with Crippen molar-refractivity contribution in [3.63, 3.8) is 0 Å². The molecule has 4 nitrogen and oxygen atoms in total. The van der Waals surface area contributed by atoms with E-state index in [-0.39, 0.29) is 18.4 Å². The Kier molecular flexibility index (Phi) is 7.38. The standard InChI is InChI=1S/C22H28N3OS.ClH/c1-17-7-10-22-21(23-17)15-20(25(27)26-22)9-8-18-11-13-24(14-12-18)16-19-5-3-2-4-6-19;/h2-7,10,18,20H,8-9,11-16H2,1H3;1H/q+1;. The van der Waals surface area contributed by atoms with Gasteiger partial charge in [-0.05, 0) is 62.9 Å². The lowest BCUT2D eigenvalue weighted by molar-refractivity contribution is -0.752. The average molecular weight is 419 g/mol. The fourth-order valence-corrected chi connectivity index (χ4v) is 4.47. The van der Waals surface area contributed by atoms with E-state index in [0.29, 0.717) is 0 Å². The van der Waals surface area contributed by atoms with Crippen LogP contribution in [0.25, 0.3) is 0 Å². The Morgan fingerprint density at radius 3 is 2.61 bits per heavy atom. The van der Waals surface area contributed by atoms with Crippen molar-refractivity contribution < 1.29 is 8.95 Å². The van der Waals surface area contributed by atoms with Gasteiger partial charge in [-0.1, -0.05) is 30.3 Å². The number of rotatable bonds is 5. The molecule has 2 aliphatic rings. The third-order valence-electron chi connectivity index (χ3n) is 5.85. The molecule has 0 spiro atoms. The third-order valence-corrected chi connectivity index (χ3v) is 6.22. The highest BCUT2D eigenvalue weighted by molar-refractivity contribution is 7.44. The topological polar surface area (TPSA) is 28.4 Å². The van der Waals surface area contributed by atoms with Crippen LogP contribution in [0.5, 0.6) is 5.75 Å². The van der Waals surface area contributed by atoms with Gasteiger partial charge in [-0.3, -0.25) is 9.88 Å². The molecule has 2 aliphatic heterocycles. The molecule has 150 valence electrons. The number of piperidine rings is 1. The second-order valence-electron chi connectivity index (χ2n) is 7.91. The predicted molar refractivity (Wildman–Crippen MR) is 116 cm³/mol. The number of hydroxylamine groups is 1. The lowest BCUT2D eigenvalue weighted by atomic mass is 9.89. The highest BCUT2D eigenvalue weighted by atomic mass is 35.5. The molecule has 1 aromatic heterocycles. The normalized spacial score (nSPS) is 20.2. The molecule has 1 saturated heterocycles. The Hall–Kier alpha value is -1.56. The van der Waals surface area contributed by atoms with E-state index in [4.69, 9.17) is 17.3 Å². The number of hydrogen-bond donors (Lipinski definition) is 0. The number of nitrogens with zero attached hydrogens (tertiary/aromatic N) is 3. The van der Waals surface area contributed by atoms with Crippen LogP contribution in [0, 0.1) is 12.8 Å². The van der Waals surface area contributed by atoms with Gasteiger partial charge in [-0.2, -0.15) is 0 Å². The third kappa shape index (κ3) is 5.28. The zero-order chi connectivity index (χ0) is 18.6. The minimum absolute atomic E-state index is 0. The fourth-order valence-electron chi connectivity index (χ4n) is 4.21. The number of halogens is 1. The molecular weight excluding hydrogens is 390 g/mol. The van der Waals surface area contributed by atoms with Crippen LogP contribution < -0.4 is 4.84 Å². The van der Waals surface area contributed by atoms with E-state index in [1.165, 1.54) is 37.9 Å². The zero-order valence-corrected chi connectivity index (χ0v) is 18.1. The molecule has 0 saturated carbocycles. The van der Waals surface area contributed by atoms with Crippen molar-refractivity contribution >= 4 is 24.8 Å². The van der Waals surface area contributed by atoms with E-state index < -0.39 is 0 Å². The first-order valence-electron chi connectivity index (χ1n) is 10.0. The lowest BCUT2D eigenvalue weighted by Crippen LogP contribution is -2.36. The van der Waals surface area contributed by atoms with Crippen molar-refractivity contribution in [2.45, 2.75) is 51.6 Å². The molecule has 0 bridgehead atoms. The minimum atomic E-state index is 0. The quantitative estimate of drug-likeness (QED) is 0.670. The van der Waals surface area contributed by atoms with Crippen molar-refractivity contribution in [3.05, 3.63) is 59.4 Å². The second kappa shape index (κ2) is 9.77. The number of aryl methyl sites for hydroxylation is 1. The van der Waals surface area contributed by atoms with Crippen LogP contribution in [0.4, 0.5) is 0 Å². The summed E-state index contributed by atoms with van der Waals surface area (Å²) in [5.41, 5.74) is 3.51. The first-order valence-corrected chi connectivity index (χ1v) is 10.4. The van der Waals surface area contributed by atoms with E-state index in [1.807, 2.05) is 19.1 Å². The molecule has 28 heavy (non-hydrogen) atoms. The summed E-state index contributed by atoms with van der Waals surface area (Å²) in [6, 6.07) is 15.0. The summed E-state index contributed by atoms with van der Waals surface area (Å²) < 4.78 is 1.63. The van der Waals surface area contributed by atoms with Gasteiger partial charge in [0.25, 0.3) is 0 Å². The number of benzene rings is 1. The summed E-state index contributed by atoms with van der Waals surface area (Å²) in [6.45, 7) is 5.49. The van der Waals surface area contributed by atoms with Crippen LogP contribution in [-0.4, -0.2) is 33.1 Å². The molecule has 2 aromatic rings. The lowest BCUT2D eigenvalue weighted by Gasteiger charge is -2.32. The van der Waals surface area contributed by atoms with Gasteiger partial charge >= 0.3 is 12.4 Å². The van der Waals surface area contributed by atoms with Crippen LogP contribution in [0.3, 0.4) is 0 Å². The number of likely N-dealkylation sites (tertiary alicyclic amines) is 1. The van der Waals surface area contributed by atoms with Crippen LogP contribution >= 0.6 is 12.4 Å². The van der Waals surface area contributed by atoms with Crippen LogP contribution in [0.15, 0.2) is 42.5 Å². The fraction of sp³-hybridized carbons (Fsp3) is 0.500. The smallest absolute Gasteiger partial charge is 0.299 e. The summed E-state index contributed by atoms with van der Waals surface area (Å²) in [7, 11) is 0. The van der Waals surface area contributed by atoms with Gasteiger partial charge in [0, 0.05) is 18.7 Å². The average Bonchev–Trinajstić information content (AvgIpc) is 2.68. The van der Waals surface area contributed by atoms with Crippen LogP contribution in [0.2, 0.25) is 0 Å². The van der Waals surface area contributed by atoms with Gasteiger partial charge in [-0.25, -0.2) is 4.84 Å². The highest BCUT2D eigenvalue weighted by Crippen LogP contribution is 2.29. The molecule has 0 radical (unpaired) electrons. The summed E-state index contributed by atoms with van der Waals surface area (Å²) >= 11 is 5.45. The summed E-state index contributed by atoms with van der Waals surface area (Å²) in [5, 5.41) is 0. The van der Waals surface area contributed by atoms with Gasteiger partial charge in [0.05, 0.1) is 16.2 Å². The van der Waals surface area contributed by atoms with E-state index >= 15 is 0 Å². The summed E-state index contributed by atoms with van der Waals surface area (Å²) in [5.74, 6) is 1.62. The molecule has 3 heterocycles. The summed E-state index contributed by atoms with van der Waals surface area (Å²) in [6.07, 6.45) is 5.77. The minimum Gasteiger partial charge on any atom is -0.299 e. The SMILES string of the molecule is Cc1ccc2c(n1)CC(CCC1CCN(Cc3ccccc3)CC1)[N+](=S)O2.Cl. The van der Waals surface area contributed by atoms with Gasteiger partial charge < -0.3 is 0 Å². The predicted octanol–water partition coefficient (Wildman–Crippen LogP) is 4.47. The van der Waals surface area contributed by atoms with Gasteiger partial charge in [0.1, 0.15) is 0 Å². The molecule has 1 atom stereocenters. The monoisotopic (exact) mass is 418 g/mol. The number of hydrogen-bond acceptors (Lipinski definition) is 4. The maximum Gasteiger partial charge on any atom is 0.321 e. The van der Waals surface area contributed by atoms with Crippen LogP contribution in [-0.2, 0) is 25.4 Å². The first-order chi connectivity index (χ1) is 13.2. The number of pyridine rings is 1. The first kappa shape index (κ1) is 21.2. The highest BCUT2D eigenvalue weighted by Gasteiger charge is 2.34. The molecule has 0 N–H and O–H groups in total. The Labute approximate surface area is 179 Å². The Bertz CT molecular complexity index is 794. The van der Waals surface area contributed by atoms with Crippen molar-refractivity contribution in [2.24, 2.45) is 5.92 Å². The summed E-state index contributed by atoms with van der Waals surface area (Å²) in [4.78, 5) is 13.0. The molecule has 1 aromatic carbocycles. The van der Waals surface area contributed by atoms with Gasteiger partial charge in [-0.15, -0.1) is 12.4 Å². The maximum atomic E-state index is 5.80. The number of aromatic nitrogens is 1. The molecular formula is C22H29ClN3OS+. The van der Waals surface area contributed by atoms with Crippen molar-refractivity contribution in [1.29, 1.82) is 0 Å². The maximum absolute atomic E-state index is 5.80. The van der Waals surface area contributed by atoms with Crippen molar-refractivity contribution in [3.8, 4) is 5.75 Å². The zero-order valence-electron chi connectivity index (χ0n) is 16.4. The van der Waals surface area contributed by atoms with E-state index in [1.54, 1.807) is 4.11 Å². The molecule has 0 amide bonds. The molecule has 4 rings (SSSR count). The Balaban J connectivity index is 0.00000225. The van der Waals surface area contributed by atoms with Crippen LogP contribution in [0.1, 0.15) is 42.6 Å². The molecule has 0 aliphatic carbocycles. The van der Waals surface area contributed by atoms with E-state index in [0.717, 1.165) is 42.4 Å². The Morgan fingerprint density at radius 2 is 1.86 bits per heavy atom. The van der Waals surface area contributed by atoms with Crippen molar-refractivity contribution in [2.75, 3.05) is 13.1 Å². The Morgan fingerprint density at radius 1 is 1.11 bits per heavy atom.